The van der Waals surface area contributed by atoms with Crippen molar-refractivity contribution in [1.82, 2.24) is 0 Å². The first-order chi connectivity index (χ1) is 8.99. The molecule has 0 bridgehead atoms. The molecule has 0 spiro atoms. The zero-order valence-electron chi connectivity index (χ0n) is 11.5. The minimum absolute atomic E-state index is 0.192. The Kier molecular flexibility index (Phi) is 4.04. The number of rotatable bonds is 3. The molecule has 0 aromatic heterocycles. The van der Waals surface area contributed by atoms with Gasteiger partial charge in [0.05, 0.1) is 4.92 Å². The molecule has 2 N–H and O–H groups in total. The van der Waals surface area contributed by atoms with Crippen LogP contribution in [0.15, 0.2) is 18.2 Å². The quantitative estimate of drug-likeness (QED) is 0.672. The third-order valence-electron chi connectivity index (χ3n) is 4.00. The monoisotopic (exact) mass is 263 g/mol. The molecule has 0 aliphatic heterocycles. The number of nitrogens with two attached hydrogens (primary N) is 1. The topological polar surface area (TPSA) is 72.4 Å². The predicted molar refractivity (Wildman–Crippen MR) is 76.5 cm³/mol. The van der Waals surface area contributed by atoms with Gasteiger partial charge in [-0.15, -0.1) is 0 Å². The maximum Gasteiger partial charge on any atom is 0.292 e. The van der Waals surface area contributed by atoms with E-state index in [9.17, 15) is 10.1 Å². The summed E-state index contributed by atoms with van der Waals surface area (Å²) in [6.45, 7) is 1.87. The zero-order valence-corrected chi connectivity index (χ0v) is 11.5. The van der Waals surface area contributed by atoms with Crippen molar-refractivity contribution in [2.24, 2.45) is 5.73 Å². The summed E-state index contributed by atoms with van der Waals surface area (Å²) >= 11 is 0. The van der Waals surface area contributed by atoms with Crippen molar-refractivity contribution in [3.8, 4) is 0 Å². The maximum atomic E-state index is 11.2. The Bertz CT molecular complexity index is 468. The maximum absolute atomic E-state index is 11.2. The number of aryl methyl sites for hydroxylation is 1. The normalized spacial score (nSPS) is 23.1. The smallest absolute Gasteiger partial charge is 0.292 e. The van der Waals surface area contributed by atoms with Crippen LogP contribution >= 0.6 is 0 Å². The van der Waals surface area contributed by atoms with E-state index < -0.39 is 0 Å². The van der Waals surface area contributed by atoms with Gasteiger partial charge in [0.1, 0.15) is 5.69 Å². The summed E-state index contributed by atoms with van der Waals surface area (Å²) < 4.78 is 0. The number of hydrogen-bond acceptors (Lipinski definition) is 4. The average Bonchev–Trinajstić information content (AvgIpc) is 2.38. The van der Waals surface area contributed by atoms with Crippen molar-refractivity contribution in [2.45, 2.75) is 44.7 Å². The van der Waals surface area contributed by atoms with Gasteiger partial charge in [-0.3, -0.25) is 10.1 Å². The van der Waals surface area contributed by atoms with Crippen molar-refractivity contribution >= 4 is 11.4 Å². The molecule has 2 rings (SSSR count). The van der Waals surface area contributed by atoms with Gasteiger partial charge in [-0.25, -0.2) is 0 Å². The molecule has 0 atom stereocenters. The molecule has 0 radical (unpaired) electrons. The SMILES string of the molecule is Cc1ccc(N(C)C2CCC(N)CC2)c([N+](=O)[O-])c1. The summed E-state index contributed by atoms with van der Waals surface area (Å²) in [6.07, 6.45) is 3.99. The fourth-order valence-electron chi connectivity index (χ4n) is 2.76. The Morgan fingerprint density at radius 3 is 2.53 bits per heavy atom. The van der Waals surface area contributed by atoms with Crippen LogP contribution in [0.1, 0.15) is 31.2 Å². The predicted octanol–water partition coefficient (Wildman–Crippen LogP) is 2.61. The van der Waals surface area contributed by atoms with Gasteiger partial charge in [-0.2, -0.15) is 0 Å². The fraction of sp³-hybridized carbons (Fsp3) is 0.571. The highest BCUT2D eigenvalue weighted by Crippen LogP contribution is 2.32. The average molecular weight is 263 g/mol. The van der Waals surface area contributed by atoms with Crippen LogP contribution in [-0.2, 0) is 0 Å². The number of nitro groups is 1. The Hall–Kier alpha value is -1.62. The minimum atomic E-state index is -0.298. The molecule has 0 amide bonds. The molecular formula is C14H21N3O2. The van der Waals surface area contributed by atoms with E-state index >= 15 is 0 Å². The number of hydrogen-bond donors (Lipinski definition) is 1. The molecule has 0 unspecified atom stereocenters. The molecular weight excluding hydrogens is 242 g/mol. The molecule has 1 aliphatic carbocycles. The molecule has 1 aromatic rings. The van der Waals surface area contributed by atoms with Crippen molar-refractivity contribution < 1.29 is 4.92 Å². The molecule has 1 fully saturated rings. The first kappa shape index (κ1) is 13.8. The summed E-state index contributed by atoms with van der Waals surface area (Å²) in [5.74, 6) is 0. The Labute approximate surface area is 113 Å². The number of anilines is 1. The summed E-state index contributed by atoms with van der Waals surface area (Å²) in [7, 11) is 1.94. The van der Waals surface area contributed by atoms with Crippen molar-refractivity contribution in [2.75, 3.05) is 11.9 Å². The highest BCUT2D eigenvalue weighted by atomic mass is 16.6. The van der Waals surface area contributed by atoms with Crippen LogP contribution in [0, 0.1) is 17.0 Å². The largest absolute Gasteiger partial charge is 0.366 e. The van der Waals surface area contributed by atoms with Gasteiger partial charge in [0.2, 0.25) is 0 Å². The van der Waals surface area contributed by atoms with Crippen LogP contribution in [0.2, 0.25) is 0 Å². The first-order valence-corrected chi connectivity index (χ1v) is 6.72. The van der Waals surface area contributed by atoms with Gasteiger partial charge < -0.3 is 10.6 Å². The molecule has 19 heavy (non-hydrogen) atoms. The van der Waals surface area contributed by atoms with E-state index in [2.05, 4.69) is 0 Å². The molecule has 0 saturated heterocycles. The van der Waals surface area contributed by atoms with Crippen molar-refractivity contribution in [3.63, 3.8) is 0 Å². The molecule has 104 valence electrons. The van der Waals surface area contributed by atoms with Crippen molar-refractivity contribution in [3.05, 3.63) is 33.9 Å². The molecule has 1 aliphatic rings. The summed E-state index contributed by atoms with van der Waals surface area (Å²) in [4.78, 5) is 12.9. The highest BCUT2D eigenvalue weighted by Gasteiger charge is 2.26. The van der Waals surface area contributed by atoms with Gasteiger partial charge in [0, 0.05) is 25.2 Å². The van der Waals surface area contributed by atoms with E-state index in [1.54, 1.807) is 6.07 Å². The van der Waals surface area contributed by atoms with E-state index in [1.165, 1.54) is 0 Å². The lowest BCUT2D eigenvalue weighted by Crippen LogP contribution is -2.39. The summed E-state index contributed by atoms with van der Waals surface area (Å²) in [5.41, 5.74) is 7.72. The molecule has 0 heterocycles. The molecule has 1 aromatic carbocycles. The Morgan fingerprint density at radius 2 is 1.95 bits per heavy atom. The van der Waals surface area contributed by atoms with E-state index in [1.807, 2.05) is 31.0 Å². The van der Waals surface area contributed by atoms with E-state index in [-0.39, 0.29) is 16.7 Å². The highest BCUT2D eigenvalue weighted by molar-refractivity contribution is 5.64. The third kappa shape index (κ3) is 3.04. The standard InChI is InChI=1S/C14H21N3O2/c1-10-3-8-13(14(9-10)17(18)19)16(2)12-6-4-11(15)5-7-12/h3,8-9,11-12H,4-7,15H2,1-2H3. The minimum Gasteiger partial charge on any atom is -0.366 e. The Balaban J connectivity index is 2.23. The summed E-state index contributed by atoms with van der Waals surface area (Å²) in [6, 6.07) is 6.05. The molecule has 5 nitrogen and oxygen atoms in total. The number of nitro benzene ring substituents is 1. The lowest BCUT2D eigenvalue weighted by atomic mass is 9.90. The molecule has 1 saturated carbocycles. The van der Waals surface area contributed by atoms with Crippen LogP contribution in [0.25, 0.3) is 0 Å². The van der Waals surface area contributed by atoms with Crippen LogP contribution in [-0.4, -0.2) is 24.1 Å². The fourth-order valence-corrected chi connectivity index (χ4v) is 2.76. The first-order valence-electron chi connectivity index (χ1n) is 6.72. The lowest BCUT2D eigenvalue weighted by Gasteiger charge is -2.34. The van der Waals surface area contributed by atoms with Gasteiger partial charge in [-0.1, -0.05) is 6.07 Å². The third-order valence-corrected chi connectivity index (χ3v) is 4.00. The van der Waals surface area contributed by atoms with Gasteiger partial charge >= 0.3 is 0 Å². The second kappa shape index (κ2) is 5.57. The van der Waals surface area contributed by atoms with Gasteiger partial charge in [0.15, 0.2) is 0 Å². The van der Waals surface area contributed by atoms with E-state index in [0.29, 0.717) is 11.7 Å². The van der Waals surface area contributed by atoms with Crippen LogP contribution in [0.5, 0.6) is 0 Å². The Morgan fingerprint density at radius 1 is 1.32 bits per heavy atom. The number of nitrogens with zero attached hydrogens (tertiary/aromatic N) is 2. The van der Waals surface area contributed by atoms with E-state index in [4.69, 9.17) is 5.73 Å². The van der Waals surface area contributed by atoms with Gasteiger partial charge in [-0.05, 0) is 44.2 Å². The van der Waals surface area contributed by atoms with E-state index in [0.717, 1.165) is 31.2 Å². The second-order valence-electron chi connectivity index (χ2n) is 5.43. The van der Waals surface area contributed by atoms with Crippen molar-refractivity contribution in [1.29, 1.82) is 0 Å². The zero-order chi connectivity index (χ0) is 14.0. The van der Waals surface area contributed by atoms with Gasteiger partial charge in [0.25, 0.3) is 5.69 Å². The van der Waals surface area contributed by atoms with Crippen LogP contribution < -0.4 is 10.6 Å². The summed E-state index contributed by atoms with van der Waals surface area (Å²) in [5, 5.41) is 11.2. The van der Waals surface area contributed by atoms with Crippen LogP contribution in [0.3, 0.4) is 0 Å². The second-order valence-corrected chi connectivity index (χ2v) is 5.43. The number of benzene rings is 1. The van der Waals surface area contributed by atoms with Crippen LogP contribution in [0.4, 0.5) is 11.4 Å². The lowest BCUT2D eigenvalue weighted by molar-refractivity contribution is -0.384. The molecule has 5 heteroatoms.